The van der Waals surface area contributed by atoms with Crippen LogP contribution in [0.4, 0.5) is 0 Å². The number of ether oxygens (including phenoxy) is 1. The summed E-state index contributed by atoms with van der Waals surface area (Å²) in [5, 5.41) is 3.61. The van der Waals surface area contributed by atoms with E-state index >= 15 is 0 Å². The van der Waals surface area contributed by atoms with Gasteiger partial charge >= 0.3 is 5.76 Å². The summed E-state index contributed by atoms with van der Waals surface area (Å²) in [5.41, 5.74) is 0.713. The van der Waals surface area contributed by atoms with Crippen LogP contribution in [0.25, 0.3) is 11.4 Å². The predicted molar refractivity (Wildman–Crippen MR) is 55.8 cm³/mol. The second-order valence-corrected chi connectivity index (χ2v) is 2.87. The smallest absolute Gasteiger partial charge is 0.439 e. The van der Waals surface area contributed by atoms with Crippen LogP contribution in [0.2, 0.25) is 0 Å². The van der Waals surface area contributed by atoms with E-state index in [0.717, 1.165) is 0 Å². The third-order valence-corrected chi connectivity index (χ3v) is 1.88. The standard InChI is InChI=1S/C10H10N2O3.H2/c1-2-14-8-6-4-3-5-7(8)9-11-10(13)15-12-9;/h3-6H,2H2,1H3,(H,11,12,13);1H. The Balaban J connectivity index is 0.00000128. The van der Waals surface area contributed by atoms with E-state index < -0.39 is 5.76 Å². The average Bonchev–Trinajstić information content (AvgIpc) is 2.66. The quantitative estimate of drug-likeness (QED) is 0.833. The molecule has 2 aromatic rings. The van der Waals surface area contributed by atoms with Gasteiger partial charge in [0.05, 0.1) is 12.2 Å². The second-order valence-electron chi connectivity index (χ2n) is 2.87. The van der Waals surface area contributed by atoms with Gasteiger partial charge in [-0.15, -0.1) is 0 Å². The molecule has 80 valence electrons. The number of nitrogens with one attached hydrogen (secondary N) is 1. The van der Waals surface area contributed by atoms with Crippen molar-refractivity contribution >= 4 is 0 Å². The molecule has 0 aliphatic heterocycles. The van der Waals surface area contributed by atoms with Crippen molar-refractivity contribution in [2.75, 3.05) is 6.61 Å². The highest BCUT2D eigenvalue weighted by Crippen LogP contribution is 2.26. The molecule has 0 saturated carbocycles. The molecule has 0 bridgehead atoms. The van der Waals surface area contributed by atoms with Crippen LogP contribution in [0.3, 0.4) is 0 Å². The fourth-order valence-electron chi connectivity index (χ4n) is 1.29. The average molecular weight is 208 g/mol. The van der Waals surface area contributed by atoms with Gasteiger partial charge in [0.1, 0.15) is 5.75 Å². The van der Waals surface area contributed by atoms with Gasteiger partial charge in [-0.05, 0) is 19.1 Å². The first-order valence-corrected chi connectivity index (χ1v) is 4.59. The lowest BCUT2D eigenvalue weighted by Gasteiger charge is -2.06. The molecule has 1 aromatic heterocycles. The number of hydrogen-bond donors (Lipinski definition) is 1. The highest BCUT2D eigenvalue weighted by atomic mass is 16.5. The molecule has 0 amide bonds. The summed E-state index contributed by atoms with van der Waals surface area (Å²) in [6, 6.07) is 7.31. The largest absolute Gasteiger partial charge is 0.493 e. The summed E-state index contributed by atoms with van der Waals surface area (Å²) in [4.78, 5) is 13.3. The van der Waals surface area contributed by atoms with Gasteiger partial charge in [-0.2, -0.15) is 0 Å². The fourth-order valence-corrected chi connectivity index (χ4v) is 1.29. The first-order valence-electron chi connectivity index (χ1n) is 4.59. The molecule has 0 fully saturated rings. The van der Waals surface area contributed by atoms with Crippen molar-refractivity contribution in [3.05, 3.63) is 34.8 Å². The molecule has 15 heavy (non-hydrogen) atoms. The van der Waals surface area contributed by atoms with Gasteiger partial charge < -0.3 is 4.74 Å². The van der Waals surface area contributed by atoms with Crippen LogP contribution >= 0.6 is 0 Å². The second kappa shape index (κ2) is 4.00. The number of hydrogen-bond acceptors (Lipinski definition) is 4. The molecular formula is C10H12N2O3. The minimum atomic E-state index is -0.573. The minimum absolute atomic E-state index is 0. The van der Waals surface area contributed by atoms with Gasteiger partial charge in [-0.1, -0.05) is 17.3 Å². The van der Waals surface area contributed by atoms with Crippen LogP contribution in [0, 0.1) is 0 Å². The highest BCUT2D eigenvalue weighted by Gasteiger charge is 2.09. The predicted octanol–water partition coefficient (Wildman–Crippen LogP) is 1.67. The molecule has 2 rings (SSSR count). The van der Waals surface area contributed by atoms with Crippen LogP contribution in [0.15, 0.2) is 33.6 Å². The van der Waals surface area contributed by atoms with Gasteiger partial charge in [0.25, 0.3) is 0 Å². The van der Waals surface area contributed by atoms with Crippen molar-refractivity contribution in [3.8, 4) is 17.1 Å². The lowest BCUT2D eigenvalue weighted by molar-refractivity contribution is 0.341. The third kappa shape index (κ3) is 1.90. The van der Waals surface area contributed by atoms with E-state index in [0.29, 0.717) is 23.7 Å². The van der Waals surface area contributed by atoms with Crippen LogP contribution in [0.5, 0.6) is 5.75 Å². The zero-order valence-corrected chi connectivity index (χ0v) is 8.19. The number of benzene rings is 1. The Morgan fingerprint density at radius 2 is 2.33 bits per heavy atom. The third-order valence-electron chi connectivity index (χ3n) is 1.88. The summed E-state index contributed by atoms with van der Waals surface area (Å²) in [5.74, 6) is 0.477. The molecular weight excluding hydrogens is 196 g/mol. The molecule has 0 spiro atoms. The van der Waals surface area contributed by atoms with Crippen LogP contribution in [0.1, 0.15) is 8.35 Å². The van der Waals surface area contributed by atoms with E-state index in [9.17, 15) is 4.79 Å². The first-order chi connectivity index (χ1) is 7.31. The maximum Gasteiger partial charge on any atom is 0.439 e. The molecule has 1 N–H and O–H groups in total. The van der Waals surface area contributed by atoms with Crippen LogP contribution in [-0.2, 0) is 0 Å². The topological polar surface area (TPSA) is 68.1 Å². The Morgan fingerprint density at radius 3 is 3.00 bits per heavy atom. The summed E-state index contributed by atoms with van der Waals surface area (Å²) >= 11 is 0. The van der Waals surface area contributed by atoms with E-state index in [4.69, 9.17) is 4.74 Å². The van der Waals surface area contributed by atoms with Gasteiger partial charge in [-0.25, -0.2) is 4.79 Å². The lowest BCUT2D eigenvalue weighted by Crippen LogP contribution is -1.97. The van der Waals surface area contributed by atoms with Crippen LogP contribution < -0.4 is 10.5 Å². The SMILES string of the molecule is CCOc1ccccc1-c1noc(=O)[nH]1.[HH]. The summed E-state index contributed by atoms with van der Waals surface area (Å²) in [7, 11) is 0. The summed E-state index contributed by atoms with van der Waals surface area (Å²) in [6.45, 7) is 2.45. The maximum absolute atomic E-state index is 10.8. The van der Waals surface area contributed by atoms with E-state index in [1.807, 2.05) is 25.1 Å². The number of H-pyrrole nitrogens is 1. The van der Waals surface area contributed by atoms with Crippen molar-refractivity contribution in [1.82, 2.24) is 10.1 Å². The number of aromatic amines is 1. The van der Waals surface area contributed by atoms with Crippen molar-refractivity contribution < 1.29 is 10.7 Å². The van der Waals surface area contributed by atoms with Gasteiger partial charge in [-0.3, -0.25) is 9.51 Å². The normalized spacial score (nSPS) is 10.2. The molecule has 0 atom stereocenters. The van der Waals surface area contributed by atoms with Crippen molar-refractivity contribution in [2.24, 2.45) is 0 Å². The number of aromatic nitrogens is 2. The van der Waals surface area contributed by atoms with E-state index in [1.54, 1.807) is 6.07 Å². The minimum Gasteiger partial charge on any atom is -0.493 e. The fraction of sp³-hybridized carbons (Fsp3) is 0.200. The van der Waals surface area contributed by atoms with E-state index in [1.165, 1.54) is 0 Å². The van der Waals surface area contributed by atoms with Gasteiger partial charge in [0, 0.05) is 1.43 Å². The number of para-hydroxylation sites is 1. The lowest BCUT2D eigenvalue weighted by atomic mass is 10.2. The summed E-state index contributed by atoms with van der Waals surface area (Å²) in [6.07, 6.45) is 0. The zero-order chi connectivity index (χ0) is 10.7. The van der Waals surface area contributed by atoms with Gasteiger partial charge in [0.15, 0.2) is 5.82 Å². The molecule has 0 saturated heterocycles. The Hall–Kier alpha value is -2.04. The Labute approximate surface area is 87.2 Å². The van der Waals surface area contributed by atoms with Gasteiger partial charge in [0.2, 0.25) is 0 Å². The molecule has 0 radical (unpaired) electrons. The van der Waals surface area contributed by atoms with Crippen LogP contribution in [-0.4, -0.2) is 16.7 Å². The van der Waals surface area contributed by atoms with E-state index in [-0.39, 0.29) is 1.43 Å². The maximum atomic E-state index is 10.8. The summed E-state index contributed by atoms with van der Waals surface area (Å²) < 4.78 is 9.83. The first kappa shape index (κ1) is 9.51. The molecule has 0 aliphatic rings. The molecule has 0 aliphatic carbocycles. The molecule has 1 aromatic carbocycles. The molecule has 0 unspecified atom stereocenters. The van der Waals surface area contributed by atoms with Crippen molar-refractivity contribution in [2.45, 2.75) is 6.92 Å². The highest BCUT2D eigenvalue weighted by molar-refractivity contribution is 5.63. The number of nitrogens with zero attached hydrogens (tertiary/aromatic N) is 1. The molecule has 5 nitrogen and oxygen atoms in total. The monoisotopic (exact) mass is 208 g/mol. The Bertz CT molecular complexity index is 507. The molecule has 5 heteroatoms. The Morgan fingerprint density at radius 1 is 1.53 bits per heavy atom. The molecule has 1 heterocycles. The van der Waals surface area contributed by atoms with Crippen molar-refractivity contribution in [3.63, 3.8) is 0 Å². The number of rotatable bonds is 3. The zero-order valence-electron chi connectivity index (χ0n) is 8.19. The van der Waals surface area contributed by atoms with E-state index in [2.05, 4.69) is 14.7 Å². The Kier molecular flexibility index (Phi) is 2.53. The van der Waals surface area contributed by atoms with Crippen molar-refractivity contribution in [1.29, 1.82) is 0 Å².